The zero-order valence-electron chi connectivity index (χ0n) is 15.3. The van der Waals surface area contributed by atoms with Gasteiger partial charge in [0.25, 0.3) is 0 Å². The van der Waals surface area contributed by atoms with Crippen LogP contribution in [-0.2, 0) is 5.41 Å². The molecule has 3 aromatic rings. The Labute approximate surface area is 148 Å². The molecule has 0 fully saturated rings. The summed E-state index contributed by atoms with van der Waals surface area (Å²) >= 11 is 0. The maximum atomic E-state index is 13.0. The molecule has 25 heavy (non-hydrogen) atoms. The molecule has 3 rings (SSSR count). The van der Waals surface area contributed by atoms with Gasteiger partial charge in [-0.2, -0.15) is 0 Å². The number of ether oxygens (including phenoxy) is 1. The van der Waals surface area contributed by atoms with Crippen LogP contribution in [0.3, 0.4) is 0 Å². The van der Waals surface area contributed by atoms with Gasteiger partial charge < -0.3 is 9.15 Å². The molecule has 0 N–H and O–H groups in total. The smallest absolute Gasteiger partial charge is 0.235 e. The summed E-state index contributed by atoms with van der Waals surface area (Å²) in [5.74, 6) is 0.819. The molecule has 1 heterocycles. The molecule has 0 atom stereocenters. The first-order chi connectivity index (χ1) is 11.9. The van der Waals surface area contributed by atoms with E-state index in [0.717, 1.165) is 17.5 Å². The number of fused-ring (bicyclic) bond motifs is 1. The molecule has 0 saturated carbocycles. The topological polar surface area (TPSA) is 39.4 Å². The van der Waals surface area contributed by atoms with E-state index >= 15 is 0 Å². The first kappa shape index (κ1) is 17.3. The molecule has 1 aromatic heterocycles. The summed E-state index contributed by atoms with van der Waals surface area (Å²) in [5, 5.41) is 0.547. The van der Waals surface area contributed by atoms with Crippen LogP contribution in [0.25, 0.3) is 22.3 Å². The lowest BCUT2D eigenvalue weighted by Crippen LogP contribution is -2.15. The third-order valence-electron chi connectivity index (χ3n) is 4.19. The Morgan fingerprint density at radius 3 is 2.40 bits per heavy atom. The Hall–Kier alpha value is -2.55. The SMILES string of the molecule is CCCOc1c(-c2ccccc2C(C)(C)C)oc2ccccc2c1=O. The molecular weight excluding hydrogens is 312 g/mol. The van der Waals surface area contributed by atoms with Crippen molar-refractivity contribution in [3.8, 4) is 17.1 Å². The van der Waals surface area contributed by atoms with Crippen molar-refractivity contribution in [2.24, 2.45) is 0 Å². The van der Waals surface area contributed by atoms with Crippen LogP contribution in [0.4, 0.5) is 0 Å². The van der Waals surface area contributed by atoms with Gasteiger partial charge in [-0.05, 0) is 29.5 Å². The lowest BCUT2D eigenvalue weighted by Gasteiger charge is -2.23. The summed E-state index contributed by atoms with van der Waals surface area (Å²) in [6.45, 7) is 8.95. The molecule has 0 aliphatic heterocycles. The van der Waals surface area contributed by atoms with Gasteiger partial charge in [-0.1, -0.05) is 64.1 Å². The predicted molar refractivity (Wildman–Crippen MR) is 102 cm³/mol. The molecule has 0 aliphatic rings. The highest BCUT2D eigenvalue weighted by Crippen LogP contribution is 2.37. The van der Waals surface area contributed by atoms with Gasteiger partial charge in [0, 0.05) is 5.56 Å². The fourth-order valence-electron chi connectivity index (χ4n) is 2.97. The maximum absolute atomic E-state index is 13.0. The second-order valence-corrected chi connectivity index (χ2v) is 7.23. The predicted octanol–water partition coefficient (Wildman–Crippen LogP) is 5.55. The average molecular weight is 336 g/mol. The molecule has 0 aliphatic carbocycles. The molecule has 3 heteroatoms. The van der Waals surface area contributed by atoms with Gasteiger partial charge in [-0.15, -0.1) is 0 Å². The number of hydrogen-bond acceptors (Lipinski definition) is 3. The first-order valence-corrected chi connectivity index (χ1v) is 8.72. The molecule has 2 aromatic carbocycles. The standard InChI is InChI=1S/C22H24O3/c1-5-14-24-21-19(23)16-11-7-9-13-18(16)25-20(21)15-10-6-8-12-17(15)22(2,3)4/h6-13H,5,14H2,1-4H3. The molecule has 0 amide bonds. The summed E-state index contributed by atoms with van der Waals surface area (Å²) in [6.07, 6.45) is 0.826. The third kappa shape index (κ3) is 3.32. The van der Waals surface area contributed by atoms with Gasteiger partial charge >= 0.3 is 0 Å². The first-order valence-electron chi connectivity index (χ1n) is 8.72. The van der Waals surface area contributed by atoms with Crippen LogP contribution >= 0.6 is 0 Å². The number of benzene rings is 2. The molecule has 0 radical (unpaired) electrons. The molecular formula is C22H24O3. The molecule has 0 unspecified atom stereocenters. The molecule has 3 nitrogen and oxygen atoms in total. The van der Waals surface area contributed by atoms with Crippen LogP contribution in [0, 0.1) is 0 Å². The van der Waals surface area contributed by atoms with Crippen LogP contribution in [0.5, 0.6) is 5.75 Å². The van der Waals surface area contributed by atoms with E-state index in [9.17, 15) is 4.79 Å². The molecule has 130 valence electrons. The van der Waals surface area contributed by atoms with E-state index in [4.69, 9.17) is 9.15 Å². The van der Waals surface area contributed by atoms with Crippen LogP contribution in [0.2, 0.25) is 0 Å². The monoisotopic (exact) mass is 336 g/mol. The van der Waals surface area contributed by atoms with E-state index in [1.165, 1.54) is 0 Å². The minimum Gasteiger partial charge on any atom is -0.486 e. The van der Waals surface area contributed by atoms with E-state index in [2.05, 4.69) is 26.8 Å². The third-order valence-corrected chi connectivity index (χ3v) is 4.19. The van der Waals surface area contributed by atoms with E-state index in [1.54, 1.807) is 6.07 Å². The second kappa shape index (κ2) is 6.75. The fourth-order valence-corrected chi connectivity index (χ4v) is 2.97. The van der Waals surface area contributed by atoms with Crippen LogP contribution in [0.15, 0.2) is 57.7 Å². The quantitative estimate of drug-likeness (QED) is 0.627. The molecule has 0 saturated heterocycles. The van der Waals surface area contributed by atoms with Crippen molar-refractivity contribution in [1.82, 2.24) is 0 Å². The zero-order valence-corrected chi connectivity index (χ0v) is 15.3. The fraction of sp³-hybridized carbons (Fsp3) is 0.318. The van der Waals surface area contributed by atoms with Crippen molar-refractivity contribution in [2.75, 3.05) is 6.61 Å². The Kier molecular flexibility index (Phi) is 4.67. The van der Waals surface area contributed by atoms with Crippen molar-refractivity contribution in [2.45, 2.75) is 39.5 Å². The Balaban J connectivity index is 2.34. The van der Waals surface area contributed by atoms with Gasteiger partial charge in [0.1, 0.15) is 5.58 Å². The minimum atomic E-state index is -0.117. The van der Waals surface area contributed by atoms with E-state index in [0.29, 0.717) is 29.1 Å². The van der Waals surface area contributed by atoms with Crippen LogP contribution in [0.1, 0.15) is 39.7 Å². The Bertz CT molecular complexity index is 945. The van der Waals surface area contributed by atoms with Crippen LogP contribution in [-0.4, -0.2) is 6.61 Å². The summed E-state index contributed by atoms with van der Waals surface area (Å²) in [4.78, 5) is 13.0. The highest BCUT2D eigenvalue weighted by molar-refractivity contribution is 5.82. The Morgan fingerprint density at radius 1 is 1.00 bits per heavy atom. The lowest BCUT2D eigenvalue weighted by molar-refractivity contribution is 0.309. The van der Waals surface area contributed by atoms with Gasteiger partial charge in [0.05, 0.1) is 12.0 Å². The highest BCUT2D eigenvalue weighted by atomic mass is 16.5. The van der Waals surface area contributed by atoms with Crippen LogP contribution < -0.4 is 10.2 Å². The second-order valence-electron chi connectivity index (χ2n) is 7.23. The molecule has 0 spiro atoms. The minimum absolute atomic E-state index is 0.0805. The summed E-state index contributed by atoms with van der Waals surface area (Å²) in [7, 11) is 0. The van der Waals surface area contributed by atoms with Crippen molar-refractivity contribution >= 4 is 11.0 Å². The average Bonchev–Trinajstić information content (AvgIpc) is 2.60. The molecule has 0 bridgehead atoms. The van der Waals surface area contributed by atoms with E-state index in [-0.39, 0.29) is 10.8 Å². The van der Waals surface area contributed by atoms with Gasteiger partial charge in [0.15, 0.2) is 5.76 Å². The maximum Gasteiger partial charge on any atom is 0.235 e. The zero-order chi connectivity index (χ0) is 18.0. The lowest BCUT2D eigenvalue weighted by atomic mass is 9.83. The largest absolute Gasteiger partial charge is 0.486 e. The van der Waals surface area contributed by atoms with E-state index < -0.39 is 0 Å². The summed E-state index contributed by atoms with van der Waals surface area (Å²) in [5.41, 5.74) is 2.41. The van der Waals surface area contributed by atoms with Gasteiger partial charge in [-0.3, -0.25) is 4.79 Å². The highest BCUT2D eigenvalue weighted by Gasteiger charge is 2.24. The van der Waals surface area contributed by atoms with Crippen molar-refractivity contribution < 1.29 is 9.15 Å². The van der Waals surface area contributed by atoms with Gasteiger partial charge in [0.2, 0.25) is 11.2 Å². The van der Waals surface area contributed by atoms with E-state index in [1.807, 2.05) is 43.3 Å². The number of para-hydroxylation sites is 1. The number of hydrogen-bond donors (Lipinski definition) is 0. The normalized spacial score (nSPS) is 11.7. The summed E-state index contributed by atoms with van der Waals surface area (Å²) < 4.78 is 12.0. The van der Waals surface area contributed by atoms with Gasteiger partial charge in [-0.25, -0.2) is 0 Å². The number of rotatable bonds is 4. The van der Waals surface area contributed by atoms with Crippen molar-refractivity contribution in [3.63, 3.8) is 0 Å². The van der Waals surface area contributed by atoms with Crippen molar-refractivity contribution in [1.29, 1.82) is 0 Å². The van der Waals surface area contributed by atoms with Crippen molar-refractivity contribution in [3.05, 3.63) is 64.3 Å². The Morgan fingerprint density at radius 2 is 1.68 bits per heavy atom. The summed E-state index contributed by atoms with van der Waals surface area (Å²) in [6, 6.07) is 15.4.